The van der Waals surface area contributed by atoms with Crippen molar-refractivity contribution in [1.82, 2.24) is 0 Å². The Morgan fingerprint density at radius 3 is 2.06 bits per heavy atom. The Balaban J connectivity index is 2.30. The molecule has 0 aromatic rings. The van der Waals surface area contributed by atoms with E-state index in [9.17, 15) is 0 Å². The van der Waals surface area contributed by atoms with Crippen molar-refractivity contribution < 1.29 is 28.0 Å². The molecule has 2 heteroatoms. The van der Waals surface area contributed by atoms with Gasteiger partial charge < -0.3 is 0 Å². The van der Waals surface area contributed by atoms with Crippen LogP contribution in [0.15, 0.2) is 47.6 Å². The molecule has 2 aliphatic carbocycles. The summed E-state index contributed by atoms with van der Waals surface area (Å²) in [7, 11) is 0. The number of hydrogen-bond acceptors (Lipinski definition) is 1. The zero-order valence-corrected chi connectivity index (χ0v) is 12.2. The Kier molecular flexibility index (Phi) is 4.16. The van der Waals surface area contributed by atoms with Gasteiger partial charge in [-0.15, -0.1) is 0 Å². The molecule has 2 aliphatic rings. The number of allylic oxidation sites excluding steroid dienone is 6. The standard InChI is InChI=1S/C14H17O.Zr/c1-2-11-14(15,12-7-3-4-8-12)13-9-5-6-10-13;/h3-7,9H,2,8,10-11H2,1H3;/q-1;+1. The van der Waals surface area contributed by atoms with E-state index in [-0.39, 0.29) is 5.60 Å². The molecule has 2 rings (SSSR count). The number of hydrogen-bond donors (Lipinski definition) is 0. The molecule has 0 radical (unpaired) electrons. The van der Waals surface area contributed by atoms with Gasteiger partial charge in [-0.25, -0.2) is 0 Å². The molecule has 0 unspecified atom stereocenters. The Morgan fingerprint density at radius 2 is 1.75 bits per heavy atom. The van der Waals surface area contributed by atoms with Crippen molar-refractivity contribution in [1.29, 1.82) is 0 Å². The summed E-state index contributed by atoms with van der Waals surface area (Å²) in [6.45, 7) is 2.23. The molecule has 0 aromatic carbocycles. The second kappa shape index (κ2) is 5.42. The summed E-state index contributed by atoms with van der Waals surface area (Å²) in [6.07, 6.45) is 17.6. The van der Waals surface area contributed by atoms with Gasteiger partial charge in [-0.05, 0) is 0 Å². The van der Waals surface area contributed by atoms with Crippen LogP contribution in [-0.2, 0) is 28.0 Å². The van der Waals surface area contributed by atoms with Crippen LogP contribution in [0.4, 0.5) is 0 Å². The molecule has 0 saturated heterocycles. The Bertz CT molecular complexity index is 344. The average Bonchev–Trinajstić information content (AvgIpc) is 2.98. The zero-order valence-electron chi connectivity index (χ0n) is 9.70. The summed E-state index contributed by atoms with van der Waals surface area (Å²) in [5.41, 5.74) is 2.75. The van der Waals surface area contributed by atoms with Crippen molar-refractivity contribution in [3.05, 3.63) is 47.6 Å². The normalized spacial score (nSPS) is 19.0. The molecule has 0 atom stereocenters. The van der Waals surface area contributed by atoms with Crippen molar-refractivity contribution >= 4 is 0 Å². The SMILES string of the molecule is CCCC([O][Zr])(C1=CC=CC1)C1=CC=CC1. The van der Waals surface area contributed by atoms with E-state index in [4.69, 9.17) is 2.81 Å². The van der Waals surface area contributed by atoms with Gasteiger partial charge in [-0.1, -0.05) is 0 Å². The summed E-state index contributed by atoms with van der Waals surface area (Å²) >= 11 is 1.16. The van der Waals surface area contributed by atoms with Crippen LogP contribution in [0.5, 0.6) is 0 Å². The molecule has 0 heterocycles. The van der Waals surface area contributed by atoms with Crippen LogP contribution in [0.25, 0.3) is 0 Å². The van der Waals surface area contributed by atoms with Crippen LogP contribution in [0.3, 0.4) is 0 Å². The van der Waals surface area contributed by atoms with E-state index in [0.29, 0.717) is 0 Å². The van der Waals surface area contributed by atoms with E-state index in [2.05, 4.69) is 43.4 Å². The van der Waals surface area contributed by atoms with E-state index in [1.54, 1.807) is 0 Å². The Morgan fingerprint density at radius 1 is 1.19 bits per heavy atom. The van der Waals surface area contributed by atoms with Crippen LogP contribution in [0.1, 0.15) is 32.6 Å². The van der Waals surface area contributed by atoms with Gasteiger partial charge in [0.1, 0.15) is 0 Å². The second-order valence-electron chi connectivity index (χ2n) is 4.33. The fraction of sp³-hybridized carbons (Fsp3) is 0.429. The molecule has 0 aliphatic heterocycles. The van der Waals surface area contributed by atoms with Crippen molar-refractivity contribution in [2.75, 3.05) is 0 Å². The third-order valence-electron chi connectivity index (χ3n) is 3.36. The van der Waals surface area contributed by atoms with Crippen LogP contribution in [0, 0.1) is 0 Å². The van der Waals surface area contributed by atoms with E-state index >= 15 is 0 Å². The minimum absolute atomic E-state index is 0.111. The second-order valence-corrected chi connectivity index (χ2v) is 4.83. The predicted molar refractivity (Wildman–Crippen MR) is 62.4 cm³/mol. The van der Waals surface area contributed by atoms with Gasteiger partial charge in [0.15, 0.2) is 0 Å². The van der Waals surface area contributed by atoms with Gasteiger partial charge in [0, 0.05) is 0 Å². The summed E-state index contributed by atoms with van der Waals surface area (Å²) in [5.74, 6) is 0. The maximum absolute atomic E-state index is 6.02. The first kappa shape index (κ1) is 12.3. The van der Waals surface area contributed by atoms with Crippen molar-refractivity contribution in [2.24, 2.45) is 0 Å². The molecule has 0 amide bonds. The Hall–Kier alpha value is -0.197. The molecule has 0 spiro atoms. The quantitative estimate of drug-likeness (QED) is 0.749. The average molecular weight is 293 g/mol. The van der Waals surface area contributed by atoms with Crippen molar-refractivity contribution in [3.63, 3.8) is 0 Å². The summed E-state index contributed by atoms with van der Waals surface area (Å²) in [5, 5.41) is 0. The van der Waals surface area contributed by atoms with E-state index in [1.807, 2.05) is 0 Å². The third kappa shape index (κ3) is 2.10. The molecule has 0 saturated carbocycles. The van der Waals surface area contributed by atoms with Crippen LogP contribution < -0.4 is 0 Å². The fourth-order valence-corrected chi connectivity index (χ4v) is 3.45. The predicted octanol–water partition coefficient (Wildman–Crippen LogP) is 3.78. The summed E-state index contributed by atoms with van der Waals surface area (Å²) in [4.78, 5) is 0. The number of rotatable bonds is 5. The van der Waals surface area contributed by atoms with Gasteiger partial charge in [0.2, 0.25) is 0 Å². The molecule has 0 aromatic heterocycles. The molecule has 0 fully saturated rings. The first-order valence-corrected chi connectivity index (χ1v) is 6.91. The van der Waals surface area contributed by atoms with Gasteiger partial charge in [0.25, 0.3) is 0 Å². The summed E-state index contributed by atoms with van der Waals surface area (Å²) in [6, 6.07) is 0. The molecule has 83 valence electrons. The molecule has 0 N–H and O–H groups in total. The Labute approximate surface area is 113 Å². The van der Waals surface area contributed by atoms with Crippen LogP contribution in [0.2, 0.25) is 0 Å². The van der Waals surface area contributed by atoms with Crippen LogP contribution >= 0.6 is 0 Å². The monoisotopic (exact) mass is 291 g/mol. The van der Waals surface area contributed by atoms with E-state index in [0.717, 1.165) is 50.8 Å². The summed E-state index contributed by atoms with van der Waals surface area (Å²) < 4.78 is 6.02. The zero-order chi connectivity index (χ0) is 11.4. The van der Waals surface area contributed by atoms with Gasteiger partial charge in [-0.2, -0.15) is 0 Å². The first-order valence-electron chi connectivity index (χ1n) is 5.90. The molecular weight excluding hydrogens is 275 g/mol. The van der Waals surface area contributed by atoms with Gasteiger partial charge >= 0.3 is 114 Å². The molecule has 1 nitrogen and oxygen atoms in total. The van der Waals surface area contributed by atoms with E-state index in [1.165, 1.54) is 11.1 Å². The fourth-order valence-electron chi connectivity index (χ4n) is 2.55. The van der Waals surface area contributed by atoms with Gasteiger partial charge in [-0.3, -0.25) is 0 Å². The van der Waals surface area contributed by atoms with Crippen molar-refractivity contribution in [2.45, 2.75) is 38.2 Å². The van der Waals surface area contributed by atoms with Crippen LogP contribution in [-0.4, -0.2) is 5.60 Å². The maximum atomic E-state index is 6.02. The minimum atomic E-state index is -0.111. The molecule has 16 heavy (non-hydrogen) atoms. The van der Waals surface area contributed by atoms with Gasteiger partial charge in [0.05, 0.1) is 0 Å². The molecule has 0 bridgehead atoms. The topological polar surface area (TPSA) is 9.23 Å². The first-order chi connectivity index (χ1) is 7.83. The van der Waals surface area contributed by atoms with E-state index < -0.39 is 0 Å². The third-order valence-corrected chi connectivity index (χ3v) is 4.21. The molecular formula is C14H17OZr. The van der Waals surface area contributed by atoms with Crippen molar-refractivity contribution in [3.8, 4) is 0 Å².